The lowest BCUT2D eigenvalue weighted by Crippen LogP contribution is -2.01. The smallest absolute Gasteiger partial charge is 0.387 e. The number of ether oxygens (including phenoxy) is 1. The van der Waals surface area contributed by atoms with Gasteiger partial charge in [0.2, 0.25) is 0 Å². The summed E-state index contributed by atoms with van der Waals surface area (Å²) in [6.45, 7) is -2.93. The van der Waals surface area contributed by atoms with Crippen LogP contribution in [0.5, 0.6) is 5.75 Å². The van der Waals surface area contributed by atoms with E-state index < -0.39 is 6.61 Å². The minimum absolute atomic E-state index is 0.0403. The SMILES string of the molecule is FC(F)Oc1ccc(Cl)c(-c2c(Cl)cc(Cl)cc2Cl)c1. The molecule has 0 aliphatic carbocycles. The molecule has 0 radical (unpaired) electrons. The predicted molar refractivity (Wildman–Crippen MR) is 78.6 cm³/mol. The maximum Gasteiger partial charge on any atom is 0.387 e. The third kappa shape index (κ3) is 3.47. The maximum absolute atomic E-state index is 12.2. The second kappa shape index (κ2) is 6.35. The second-order valence-corrected chi connectivity index (χ2v) is 5.42. The van der Waals surface area contributed by atoms with Gasteiger partial charge in [0.05, 0.1) is 10.0 Å². The summed E-state index contributed by atoms with van der Waals surface area (Å²) in [6.07, 6.45) is 0. The molecule has 20 heavy (non-hydrogen) atoms. The molecule has 1 nitrogen and oxygen atoms in total. The molecular formula is C13H6Cl4F2O. The molecule has 2 rings (SSSR count). The fourth-order valence-electron chi connectivity index (χ4n) is 1.67. The molecule has 0 atom stereocenters. The number of hydrogen-bond donors (Lipinski definition) is 0. The van der Waals surface area contributed by atoms with Gasteiger partial charge in [0, 0.05) is 21.2 Å². The molecule has 0 fully saturated rings. The summed E-state index contributed by atoms with van der Waals surface area (Å²) in [6, 6.07) is 7.07. The summed E-state index contributed by atoms with van der Waals surface area (Å²) in [5, 5.41) is 1.19. The van der Waals surface area contributed by atoms with Crippen LogP contribution < -0.4 is 4.74 Å². The van der Waals surface area contributed by atoms with Crippen molar-refractivity contribution in [3.05, 3.63) is 50.4 Å². The van der Waals surface area contributed by atoms with Gasteiger partial charge in [0.15, 0.2) is 0 Å². The van der Waals surface area contributed by atoms with Gasteiger partial charge >= 0.3 is 6.61 Å². The standard InChI is InChI=1S/C13H6Cl4F2O/c14-6-3-10(16)12(11(17)4-6)8-5-7(20-13(18)19)1-2-9(8)15/h1-5,13H. The van der Waals surface area contributed by atoms with E-state index in [0.717, 1.165) is 0 Å². The Morgan fingerprint density at radius 2 is 1.45 bits per heavy atom. The number of rotatable bonds is 3. The largest absolute Gasteiger partial charge is 0.435 e. The van der Waals surface area contributed by atoms with Crippen molar-refractivity contribution in [2.24, 2.45) is 0 Å². The van der Waals surface area contributed by atoms with E-state index >= 15 is 0 Å². The van der Waals surface area contributed by atoms with Gasteiger partial charge in [0.25, 0.3) is 0 Å². The molecule has 0 unspecified atom stereocenters. The zero-order valence-corrected chi connectivity index (χ0v) is 12.7. The van der Waals surface area contributed by atoms with Gasteiger partial charge in [-0.3, -0.25) is 0 Å². The van der Waals surface area contributed by atoms with Crippen LogP contribution >= 0.6 is 46.4 Å². The number of hydrogen-bond acceptors (Lipinski definition) is 1. The Labute approximate surface area is 134 Å². The van der Waals surface area contributed by atoms with Gasteiger partial charge in [-0.1, -0.05) is 46.4 Å². The number of halogens is 6. The zero-order valence-electron chi connectivity index (χ0n) is 9.64. The molecule has 2 aromatic rings. The van der Waals surface area contributed by atoms with Crippen molar-refractivity contribution < 1.29 is 13.5 Å². The molecule has 106 valence electrons. The van der Waals surface area contributed by atoms with Crippen molar-refractivity contribution >= 4 is 46.4 Å². The first-order valence-electron chi connectivity index (χ1n) is 5.27. The lowest BCUT2D eigenvalue weighted by Gasteiger charge is -2.12. The quantitative estimate of drug-likeness (QED) is 0.603. The third-order valence-corrected chi connectivity index (χ3v) is 3.58. The molecular weight excluding hydrogens is 352 g/mol. The Bertz CT molecular complexity index is 623. The molecule has 0 aromatic heterocycles. The molecule has 2 aromatic carbocycles. The summed E-state index contributed by atoms with van der Waals surface area (Å²) < 4.78 is 28.8. The normalized spacial score (nSPS) is 10.9. The zero-order chi connectivity index (χ0) is 14.9. The van der Waals surface area contributed by atoms with Crippen molar-refractivity contribution in [3.8, 4) is 16.9 Å². The molecule has 0 heterocycles. The van der Waals surface area contributed by atoms with E-state index in [1.165, 1.54) is 30.3 Å². The van der Waals surface area contributed by atoms with Crippen molar-refractivity contribution in [1.29, 1.82) is 0 Å². The molecule has 0 aliphatic rings. The first kappa shape index (κ1) is 15.6. The van der Waals surface area contributed by atoms with Crippen molar-refractivity contribution in [2.75, 3.05) is 0 Å². The summed E-state index contributed by atoms with van der Waals surface area (Å²) in [7, 11) is 0. The van der Waals surface area contributed by atoms with Gasteiger partial charge in [-0.05, 0) is 30.3 Å². The average molecular weight is 358 g/mol. The molecule has 0 aliphatic heterocycles. The Morgan fingerprint density at radius 3 is 2.00 bits per heavy atom. The van der Waals surface area contributed by atoms with Crippen molar-refractivity contribution in [1.82, 2.24) is 0 Å². The van der Waals surface area contributed by atoms with E-state index in [1.54, 1.807) is 0 Å². The fourth-order valence-corrected chi connectivity index (χ4v) is 2.90. The van der Waals surface area contributed by atoms with Crippen LogP contribution in [0, 0.1) is 0 Å². The van der Waals surface area contributed by atoms with E-state index in [9.17, 15) is 8.78 Å². The van der Waals surface area contributed by atoms with Gasteiger partial charge in [0.1, 0.15) is 5.75 Å². The second-order valence-electron chi connectivity index (χ2n) is 3.76. The highest BCUT2D eigenvalue weighted by molar-refractivity contribution is 6.43. The lowest BCUT2D eigenvalue weighted by molar-refractivity contribution is -0.0498. The van der Waals surface area contributed by atoms with Crippen molar-refractivity contribution in [3.63, 3.8) is 0 Å². The van der Waals surface area contributed by atoms with Crippen LogP contribution in [-0.2, 0) is 0 Å². The monoisotopic (exact) mass is 356 g/mol. The van der Waals surface area contributed by atoms with Crippen LogP contribution in [0.15, 0.2) is 30.3 Å². The summed E-state index contributed by atoms with van der Waals surface area (Å²) in [4.78, 5) is 0. The summed E-state index contributed by atoms with van der Waals surface area (Å²) in [5.74, 6) is -0.0403. The van der Waals surface area contributed by atoms with Gasteiger partial charge < -0.3 is 4.74 Å². The van der Waals surface area contributed by atoms with E-state index in [0.29, 0.717) is 21.2 Å². The van der Waals surface area contributed by atoms with E-state index in [-0.39, 0.29) is 15.8 Å². The topological polar surface area (TPSA) is 9.23 Å². The number of alkyl halides is 2. The molecule has 0 saturated heterocycles. The highest BCUT2D eigenvalue weighted by atomic mass is 35.5. The first-order chi connectivity index (χ1) is 9.38. The minimum Gasteiger partial charge on any atom is -0.435 e. The Hall–Kier alpha value is -0.740. The molecule has 0 N–H and O–H groups in total. The molecule has 0 bridgehead atoms. The first-order valence-corrected chi connectivity index (χ1v) is 6.79. The highest BCUT2D eigenvalue weighted by Crippen LogP contribution is 2.41. The van der Waals surface area contributed by atoms with Gasteiger partial charge in [-0.25, -0.2) is 0 Å². The van der Waals surface area contributed by atoms with Crippen LogP contribution in [0.4, 0.5) is 8.78 Å². The average Bonchev–Trinajstić information content (AvgIpc) is 2.31. The van der Waals surface area contributed by atoms with Gasteiger partial charge in [-0.15, -0.1) is 0 Å². The minimum atomic E-state index is -2.93. The molecule has 0 spiro atoms. The van der Waals surface area contributed by atoms with Crippen LogP contribution in [-0.4, -0.2) is 6.61 Å². The molecule has 0 saturated carbocycles. The van der Waals surface area contributed by atoms with Crippen molar-refractivity contribution in [2.45, 2.75) is 6.61 Å². The third-order valence-electron chi connectivity index (χ3n) is 2.44. The molecule has 7 heteroatoms. The molecule has 0 amide bonds. The van der Waals surface area contributed by atoms with Crippen LogP contribution in [0.3, 0.4) is 0 Å². The fraction of sp³-hybridized carbons (Fsp3) is 0.0769. The lowest BCUT2D eigenvalue weighted by atomic mass is 10.1. The van der Waals surface area contributed by atoms with E-state index in [2.05, 4.69) is 4.74 Å². The highest BCUT2D eigenvalue weighted by Gasteiger charge is 2.15. The Kier molecular flexibility index (Phi) is 4.97. The number of benzene rings is 2. The van der Waals surface area contributed by atoms with Gasteiger partial charge in [-0.2, -0.15) is 8.78 Å². The van der Waals surface area contributed by atoms with Crippen LogP contribution in [0.2, 0.25) is 20.1 Å². The maximum atomic E-state index is 12.2. The summed E-state index contributed by atoms with van der Waals surface area (Å²) >= 11 is 24.0. The van der Waals surface area contributed by atoms with Crippen LogP contribution in [0.25, 0.3) is 11.1 Å². The van der Waals surface area contributed by atoms with Crippen LogP contribution in [0.1, 0.15) is 0 Å². The van der Waals surface area contributed by atoms with E-state index in [4.69, 9.17) is 46.4 Å². The van der Waals surface area contributed by atoms with E-state index in [1.807, 2.05) is 0 Å². The summed E-state index contributed by atoms with van der Waals surface area (Å²) in [5.41, 5.74) is 0.791. The Morgan fingerprint density at radius 1 is 0.850 bits per heavy atom. The predicted octanol–water partition coefficient (Wildman–Crippen LogP) is 6.57. The Balaban J connectivity index is 2.57.